The smallest absolute Gasteiger partial charge is 0.253 e. The SMILES string of the molecule is C[C@H](NC(=O)c1cccnc1)c1ccc(O)cc1. The molecule has 0 aliphatic carbocycles. The minimum atomic E-state index is -0.163. The second-order valence-corrected chi connectivity index (χ2v) is 4.03. The number of amides is 1. The average molecular weight is 242 g/mol. The van der Waals surface area contributed by atoms with Crippen LogP contribution in [0.1, 0.15) is 28.9 Å². The Bertz CT molecular complexity index is 523. The van der Waals surface area contributed by atoms with Gasteiger partial charge in [0.15, 0.2) is 0 Å². The zero-order valence-electron chi connectivity index (χ0n) is 10.00. The molecule has 0 aliphatic rings. The standard InChI is InChI=1S/C14H14N2O2/c1-10(11-4-6-13(17)7-5-11)16-14(18)12-3-2-8-15-9-12/h2-10,17H,1H3,(H,16,18)/t10-/m0/s1. The fourth-order valence-electron chi connectivity index (χ4n) is 1.62. The van der Waals surface area contributed by atoms with Crippen LogP contribution in [0.25, 0.3) is 0 Å². The summed E-state index contributed by atoms with van der Waals surface area (Å²) in [7, 11) is 0. The fraction of sp³-hybridized carbons (Fsp3) is 0.143. The third-order valence-electron chi connectivity index (χ3n) is 2.66. The van der Waals surface area contributed by atoms with Crippen LogP contribution in [0.4, 0.5) is 0 Å². The van der Waals surface area contributed by atoms with Gasteiger partial charge in [0.1, 0.15) is 5.75 Å². The van der Waals surface area contributed by atoms with Crippen molar-refractivity contribution in [3.8, 4) is 5.75 Å². The lowest BCUT2D eigenvalue weighted by Gasteiger charge is -2.14. The summed E-state index contributed by atoms with van der Waals surface area (Å²) in [5.41, 5.74) is 1.47. The zero-order chi connectivity index (χ0) is 13.0. The maximum absolute atomic E-state index is 11.9. The highest BCUT2D eigenvalue weighted by molar-refractivity contribution is 5.94. The monoisotopic (exact) mass is 242 g/mol. The fourth-order valence-corrected chi connectivity index (χ4v) is 1.62. The number of benzene rings is 1. The Hall–Kier alpha value is -2.36. The molecule has 1 amide bonds. The van der Waals surface area contributed by atoms with Crippen LogP contribution in [0.15, 0.2) is 48.8 Å². The number of phenolic OH excluding ortho intramolecular Hbond substituents is 1. The quantitative estimate of drug-likeness (QED) is 0.868. The Morgan fingerprint density at radius 1 is 1.28 bits per heavy atom. The average Bonchev–Trinajstić information content (AvgIpc) is 2.40. The number of pyridine rings is 1. The lowest BCUT2D eigenvalue weighted by Crippen LogP contribution is -2.26. The molecule has 92 valence electrons. The summed E-state index contributed by atoms with van der Waals surface area (Å²) < 4.78 is 0. The summed E-state index contributed by atoms with van der Waals surface area (Å²) in [5, 5.41) is 12.1. The lowest BCUT2D eigenvalue weighted by molar-refractivity contribution is 0.0939. The second-order valence-electron chi connectivity index (χ2n) is 4.03. The Morgan fingerprint density at radius 2 is 2.00 bits per heavy atom. The van der Waals surface area contributed by atoms with Gasteiger partial charge in [0.2, 0.25) is 0 Å². The van der Waals surface area contributed by atoms with Crippen molar-refractivity contribution in [2.24, 2.45) is 0 Å². The number of hydrogen-bond donors (Lipinski definition) is 2. The van der Waals surface area contributed by atoms with E-state index in [2.05, 4.69) is 10.3 Å². The second kappa shape index (κ2) is 5.31. The van der Waals surface area contributed by atoms with Crippen LogP contribution < -0.4 is 5.32 Å². The number of aromatic nitrogens is 1. The molecule has 0 radical (unpaired) electrons. The molecule has 0 fully saturated rings. The summed E-state index contributed by atoms with van der Waals surface area (Å²) in [4.78, 5) is 15.8. The minimum Gasteiger partial charge on any atom is -0.508 e. The Balaban J connectivity index is 2.06. The van der Waals surface area contributed by atoms with Gasteiger partial charge < -0.3 is 10.4 Å². The van der Waals surface area contributed by atoms with Crippen LogP contribution >= 0.6 is 0 Å². The first-order chi connectivity index (χ1) is 8.66. The predicted octanol–water partition coefficient (Wildman–Crippen LogP) is 2.28. The first-order valence-electron chi connectivity index (χ1n) is 5.66. The number of aromatic hydroxyl groups is 1. The molecule has 0 saturated heterocycles. The summed E-state index contributed by atoms with van der Waals surface area (Å²) in [5.74, 6) is 0.0493. The maximum Gasteiger partial charge on any atom is 0.253 e. The van der Waals surface area contributed by atoms with E-state index in [-0.39, 0.29) is 17.7 Å². The molecule has 4 nitrogen and oxygen atoms in total. The van der Waals surface area contributed by atoms with Crippen LogP contribution in [0.3, 0.4) is 0 Å². The van der Waals surface area contributed by atoms with Gasteiger partial charge >= 0.3 is 0 Å². The van der Waals surface area contributed by atoms with Crippen molar-refractivity contribution in [2.45, 2.75) is 13.0 Å². The first kappa shape index (κ1) is 12.1. The molecular weight excluding hydrogens is 228 g/mol. The number of carbonyl (C=O) groups excluding carboxylic acids is 1. The third-order valence-corrected chi connectivity index (χ3v) is 2.66. The minimum absolute atomic E-state index is 0.127. The highest BCUT2D eigenvalue weighted by Crippen LogP contribution is 2.16. The van der Waals surface area contributed by atoms with Crippen molar-refractivity contribution in [2.75, 3.05) is 0 Å². The Kier molecular flexibility index (Phi) is 3.57. The summed E-state index contributed by atoms with van der Waals surface area (Å²) in [6.07, 6.45) is 3.15. The van der Waals surface area contributed by atoms with E-state index in [1.807, 2.05) is 6.92 Å². The molecule has 0 spiro atoms. The maximum atomic E-state index is 11.9. The van der Waals surface area contributed by atoms with Crippen molar-refractivity contribution >= 4 is 5.91 Å². The van der Waals surface area contributed by atoms with Gasteiger partial charge in [-0.2, -0.15) is 0 Å². The van der Waals surface area contributed by atoms with Gasteiger partial charge in [-0.15, -0.1) is 0 Å². The highest BCUT2D eigenvalue weighted by Gasteiger charge is 2.11. The molecule has 0 saturated carbocycles. The summed E-state index contributed by atoms with van der Waals surface area (Å²) in [6, 6.07) is 10.1. The molecule has 0 aliphatic heterocycles. The number of nitrogens with one attached hydrogen (secondary N) is 1. The van der Waals surface area contributed by atoms with Gasteiger partial charge in [-0.25, -0.2) is 0 Å². The van der Waals surface area contributed by atoms with Crippen LogP contribution in [-0.4, -0.2) is 16.0 Å². The molecule has 4 heteroatoms. The van der Waals surface area contributed by atoms with Crippen molar-refractivity contribution in [1.82, 2.24) is 10.3 Å². The van der Waals surface area contributed by atoms with E-state index in [1.54, 1.807) is 42.6 Å². The first-order valence-corrected chi connectivity index (χ1v) is 5.66. The molecule has 2 rings (SSSR count). The Labute approximate surface area is 105 Å². The molecule has 2 N–H and O–H groups in total. The number of rotatable bonds is 3. The number of hydrogen-bond acceptors (Lipinski definition) is 3. The predicted molar refractivity (Wildman–Crippen MR) is 68.2 cm³/mol. The topological polar surface area (TPSA) is 62.2 Å². The largest absolute Gasteiger partial charge is 0.508 e. The highest BCUT2D eigenvalue weighted by atomic mass is 16.3. The van der Waals surface area contributed by atoms with E-state index in [4.69, 9.17) is 0 Å². The van der Waals surface area contributed by atoms with Crippen LogP contribution in [0, 0.1) is 0 Å². The normalized spacial score (nSPS) is 11.8. The molecule has 1 atom stereocenters. The molecule has 1 aromatic heterocycles. The van der Waals surface area contributed by atoms with E-state index in [1.165, 1.54) is 6.20 Å². The van der Waals surface area contributed by atoms with Crippen molar-refractivity contribution in [3.63, 3.8) is 0 Å². The van der Waals surface area contributed by atoms with Crippen molar-refractivity contribution in [3.05, 3.63) is 59.9 Å². The van der Waals surface area contributed by atoms with E-state index < -0.39 is 0 Å². The number of phenols is 1. The molecular formula is C14H14N2O2. The molecule has 0 unspecified atom stereocenters. The van der Waals surface area contributed by atoms with Crippen molar-refractivity contribution < 1.29 is 9.90 Å². The van der Waals surface area contributed by atoms with Crippen LogP contribution in [0.2, 0.25) is 0 Å². The van der Waals surface area contributed by atoms with Gasteiger partial charge in [0.05, 0.1) is 11.6 Å². The van der Waals surface area contributed by atoms with Gasteiger partial charge in [-0.05, 0) is 36.8 Å². The zero-order valence-corrected chi connectivity index (χ0v) is 10.00. The lowest BCUT2D eigenvalue weighted by atomic mass is 10.1. The van der Waals surface area contributed by atoms with Crippen LogP contribution in [0.5, 0.6) is 5.75 Å². The van der Waals surface area contributed by atoms with Crippen LogP contribution in [-0.2, 0) is 0 Å². The van der Waals surface area contributed by atoms with Gasteiger partial charge in [0, 0.05) is 12.4 Å². The van der Waals surface area contributed by atoms with Gasteiger partial charge in [-0.3, -0.25) is 9.78 Å². The van der Waals surface area contributed by atoms with E-state index in [9.17, 15) is 9.90 Å². The molecule has 1 heterocycles. The Morgan fingerprint density at radius 3 is 2.61 bits per heavy atom. The van der Waals surface area contributed by atoms with Gasteiger partial charge in [-0.1, -0.05) is 12.1 Å². The van der Waals surface area contributed by atoms with E-state index in [0.29, 0.717) is 5.56 Å². The van der Waals surface area contributed by atoms with E-state index in [0.717, 1.165) is 5.56 Å². The molecule has 2 aromatic rings. The molecule has 1 aromatic carbocycles. The van der Waals surface area contributed by atoms with Gasteiger partial charge in [0.25, 0.3) is 5.91 Å². The summed E-state index contributed by atoms with van der Waals surface area (Å²) >= 11 is 0. The summed E-state index contributed by atoms with van der Waals surface area (Å²) in [6.45, 7) is 1.89. The third kappa shape index (κ3) is 2.85. The van der Waals surface area contributed by atoms with E-state index >= 15 is 0 Å². The van der Waals surface area contributed by atoms with Crippen molar-refractivity contribution in [1.29, 1.82) is 0 Å². The number of carbonyl (C=O) groups is 1. The number of nitrogens with zero attached hydrogens (tertiary/aromatic N) is 1. The molecule has 0 bridgehead atoms. The molecule has 18 heavy (non-hydrogen) atoms.